The van der Waals surface area contributed by atoms with E-state index in [0.717, 1.165) is 24.8 Å². The molecule has 10 nitrogen and oxygen atoms in total. The predicted molar refractivity (Wildman–Crippen MR) is 136 cm³/mol. The van der Waals surface area contributed by atoms with E-state index in [0.29, 0.717) is 38.7 Å². The first kappa shape index (κ1) is 28.0. The zero-order valence-electron chi connectivity index (χ0n) is 22.9. The van der Waals surface area contributed by atoms with Crippen LogP contribution in [0.2, 0.25) is 0 Å². The molecule has 0 spiro atoms. The number of cyclic esters (lactones) is 1. The molecular weight excluding hydrogens is 508 g/mol. The molecule has 220 valence electrons. The lowest BCUT2D eigenvalue weighted by molar-refractivity contribution is -0.322. The molecule has 6 aliphatic rings. The topological polar surface area (TPSA) is 166 Å². The summed E-state index contributed by atoms with van der Waals surface area (Å²) in [6, 6.07) is 0. The molecular formula is C29H44O10. The molecule has 0 aromatic rings. The number of hydrogen-bond donors (Lipinski definition) is 6. The van der Waals surface area contributed by atoms with E-state index in [1.54, 1.807) is 13.0 Å². The third-order valence-electron chi connectivity index (χ3n) is 12.2. The van der Waals surface area contributed by atoms with Gasteiger partial charge < -0.3 is 44.8 Å². The van der Waals surface area contributed by atoms with Gasteiger partial charge in [0.2, 0.25) is 0 Å². The standard InChI is InChI=1S/C29H44O10/c1-15-22(32)23(33)24(34)25(38-15)39-17-3-8-27(14-30)19-4-7-26(2)18(16-11-21(31)37-13-16)6-10-29(26,36)20(19)5-9-28(27,35)12-17/h11,15,17-20,22-25,30,32-36H,3-10,12-14H2,1-2H3/t15-,17-,18+,19-,20+,22-,23+,24+,25+,26+,27-,28-,29-/m0/s1. The van der Waals surface area contributed by atoms with Crippen molar-refractivity contribution in [2.24, 2.45) is 28.6 Å². The van der Waals surface area contributed by atoms with Crippen LogP contribution < -0.4 is 0 Å². The average molecular weight is 553 g/mol. The lowest BCUT2D eigenvalue weighted by Gasteiger charge is -2.66. The van der Waals surface area contributed by atoms with Crippen LogP contribution in [-0.4, -0.2) is 97.8 Å². The Hall–Kier alpha value is -1.11. The van der Waals surface area contributed by atoms with Crippen LogP contribution in [0.1, 0.15) is 71.6 Å². The lowest BCUT2D eigenvalue weighted by Crippen LogP contribution is -2.69. The van der Waals surface area contributed by atoms with Crippen molar-refractivity contribution in [1.82, 2.24) is 0 Å². The molecule has 10 heteroatoms. The van der Waals surface area contributed by atoms with Crippen molar-refractivity contribution in [3.8, 4) is 0 Å². The molecule has 13 atom stereocenters. The molecule has 0 aromatic heterocycles. The predicted octanol–water partition coefficient (Wildman–Crippen LogP) is 0.543. The van der Waals surface area contributed by atoms with Gasteiger partial charge in [-0.25, -0.2) is 4.79 Å². The molecule has 39 heavy (non-hydrogen) atoms. The van der Waals surface area contributed by atoms with Crippen LogP contribution >= 0.6 is 0 Å². The highest BCUT2D eigenvalue weighted by molar-refractivity contribution is 5.85. The molecule has 0 unspecified atom stereocenters. The summed E-state index contributed by atoms with van der Waals surface area (Å²) in [5.74, 6) is -0.387. The number of rotatable bonds is 4. The summed E-state index contributed by atoms with van der Waals surface area (Å²) in [4.78, 5) is 11.8. The molecule has 6 N–H and O–H groups in total. The number of hydrogen-bond acceptors (Lipinski definition) is 10. The van der Waals surface area contributed by atoms with Crippen molar-refractivity contribution in [2.45, 2.75) is 120 Å². The Bertz CT molecular complexity index is 1020. The zero-order chi connectivity index (χ0) is 28.0. The number of fused-ring (bicyclic) bond motifs is 5. The second kappa shape index (κ2) is 9.46. The molecule has 0 aromatic carbocycles. The Morgan fingerprint density at radius 2 is 1.72 bits per heavy atom. The lowest BCUT2D eigenvalue weighted by atomic mass is 9.41. The highest BCUT2D eigenvalue weighted by Crippen LogP contribution is 2.70. The minimum absolute atomic E-state index is 0.0667. The van der Waals surface area contributed by atoms with Crippen molar-refractivity contribution in [3.63, 3.8) is 0 Å². The number of aliphatic hydroxyl groups is 6. The Morgan fingerprint density at radius 1 is 0.974 bits per heavy atom. The minimum atomic E-state index is -1.41. The van der Waals surface area contributed by atoms with Crippen molar-refractivity contribution in [1.29, 1.82) is 0 Å². The summed E-state index contributed by atoms with van der Waals surface area (Å²) in [6.45, 7) is 3.85. The van der Waals surface area contributed by atoms with Gasteiger partial charge >= 0.3 is 5.97 Å². The van der Waals surface area contributed by atoms with Gasteiger partial charge in [-0.3, -0.25) is 0 Å². The van der Waals surface area contributed by atoms with Crippen LogP contribution in [0.15, 0.2) is 11.6 Å². The van der Waals surface area contributed by atoms with Crippen molar-refractivity contribution < 1.29 is 49.6 Å². The van der Waals surface area contributed by atoms with Gasteiger partial charge in [-0.1, -0.05) is 6.92 Å². The number of carbonyl (C=O) groups excluding carboxylic acids is 1. The van der Waals surface area contributed by atoms with E-state index in [-0.39, 0.29) is 36.8 Å². The van der Waals surface area contributed by atoms with Gasteiger partial charge in [0, 0.05) is 23.3 Å². The summed E-state index contributed by atoms with van der Waals surface area (Å²) < 4.78 is 16.9. The maximum absolute atomic E-state index is 12.4. The molecule has 0 bridgehead atoms. The molecule has 2 aliphatic heterocycles. The van der Waals surface area contributed by atoms with Crippen molar-refractivity contribution >= 4 is 5.97 Å². The SMILES string of the molecule is C[C@@H]1O[C@H](O[C@H]2CC[C@]3(CO)[C@H]4CC[C@]5(C)[C@@H](C6=CC(=O)OC6)CC[C@]5(O)[C@@H]4CC[C@]3(O)C2)[C@H](O)[C@H](O)[C@H]1O. The largest absolute Gasteiger partial charge is 0.458 e. The van der Waals surface area contributed by atoms with E-state index in [2.05, 4.69) is 6.92 Å². The zero-order valence-corrected chi connectivity index (χ0v) is 22.9. The number of carbonyl (C=O) groups is 1. The molecule has 6 rings (SSSR count). The van der Waals surface area contributed by atoms with Gasteiger partial charge in [0.15, 0.2) is 6.29 Å². The van der Waals surface area contributed by atoms with E-state index in [4.69, 9.17) is 14.2 Å². The van der Waals surface area contributed by atoms with Crippen LogP contribution in [0, 0.1) is 28.6 Å². The fourth-order valence-electron chi connectivity index (χ4n) is 9.93. The molecule has 4 aliphatic carbocycles. The Kier molecular flexibility index (Phi) is 6.80. The third-order valence-corrected chi connectivity index (χ3v) is 12.2. The summed E-state index contributed by atoms with van der Waals surface area (Å²) in [5, 5.41) is 66.1. The van der Waals surface area contributed by atoms with Crippen LogP contribution in [-0.2, 0) is 19.0 Å². The van der Waals surface area contributed by atoms with Gasteiger partial charge in [0.05, 0.1) is 30.0 Å². The van der Waals surface area contributed by atoms with Crippen LogP contribution in [0.3, 0.4) is 0 Å². The Morgan fingerprint density at radius 3 is 2.41 bits per heavy atom. The van der Waals surface area contributed by atoms with E-state index >= 15 is 0 Å². The molecule has 2 heterocycles. The van der Waals surface area contributed by atoms with E-state index in [1.807, 2.05) is 0 Å². The fourth-order valence-corrected chi connectivity index (χ4v) is 9.93. The highest BCUT2D eigenvalue weighted by atomic mass is 16.7. The molecule has 5 fully saturated rings. The molecule has 1 saturated heterocycles. The van der Waals surface area contributed by atoms with Crippen molar-refractivity contribution in [3.05, 3.63) is 11.6 Å². The van der Waals surface area contributed by atoms with Crippen LogP contribution in [0.25, 0.3) is 0 Å². The second-order valence-electron chi connectivity index (χ2n) is 13.6. The normalized spacial score (nSPS) is 55.3. The highest BCUT2D eigenvalue weighted by Gasteiger charge is 2.71. The number of ether oxygens (including phenoxy) is 3. The van der Waals surface area contributed by atoms with Crippen LogP contribution in [0.4, 0.5) is 0 Å². The first-order valence-electron chi connectivity index (χ1n) is 14.7. The Balaban J connectivity index is 1.22. The fraction of sp³-hybridized carbons (Fsp3) is 0.897. The van der Waals surface area contributed by atoms with Crippen LogP contribution in [0.5, 0.6) is 0 Å². The van der Waals surface area contributed by atoms with E-state index in [1.165, 1.54) is 0 Å². The van der Waals surface area contributed by atoms with Gasteiger partial charge in [-0.05, 0) is 81.6 Å². The summed E-state index contributed by atoms with van der Waals surface area (Å²) in [5.41, 5.74) is -2.40. The first-order valence-corrected chi connectivity index (χ1v) is 14.7. The summed E-state index contributed by atoms with van der Waals surface area (Å²) in [6.07, 6.45) is 0.474. The van der Waals surface area contributed by atoms with E-state index < -0.39 is 58.8 Å². The van der Waals surface area contributed by atoms with Gasteiger partial charge in [-0.2, -0.15) is 0 Å². The number of aliphatic hydroxyl groups excluding tert-OH is 4. The van der Waals surface area contributed by atoms with Gasteiger partial charge in [0.1, 0.15) is 24.9 Å². The molecule has 0 amide bonds. The monoisotopic (exact) mass is 552 g/mol. The third kappa shape index (κ3) is 3.86. The summed E-state index contributed by atoms with van der Waals surface area (Å²) in [7, 11) is 0. The Labute approximate surface area is 229 Å². The second-order valence-corrected chi connectivity index (χ2v) is 13.6. The smallest absolute Gasteiger partial charge is 0.331 e. The number of esters is 1. The van der Waals surface area contributed by atoms with Gasteiger partial charge in [0.25, 0.3) is 0 Å². The maximum Gasteiger partial charge on any atom is 0.331 e. The minimum Gasteiger partial charge on any atom is -0.458 e. The first-order chi connectivity index (χ1) is 18.4. The molecule has 0 radical (unpaired) electrons. The average Bonchev–Trinajstić information content (AvgIpc) is 3.45. The van der Waals surface area contributed by atoms with E-state index in [9.17, 15) is 35.4 Å². The van der Waals surface area contributed by atoms with Gasteiger partial charge in [-0.15, -0.1) is 0 Å². The van der Waals surface area contributed by atoms with Crippen molar-refractivity contribution in [2.75, 3.05) is 13.2 Å². The molecule has 4 saturated carbocycles. The summed E-state index contributed by atoms with van der Waals surface area (Å²) >= 11 is 0. The maximum atomic E-state index is 12.4. The quantitative estimate of drug-likeness (QED) is 0.214.